The summed E-state index contributed by atoms with van der Waals surface area (Å²) in [6.45, 7) is 5.62. The number of hydrogen-bond acceptors (Lipinski definition) is 5. The van der Waals surface area contributed by atoms with Crippen molar-refractivity contribution < 1.29 is 19.4 Å². The van der Waals surface area contributed by atoms with Crippen LogP contribution in [0.15, 0.2) is 12.8 Å². The Labute approximate surface area is 89.1 Å². The van der Waals surface area contributed by atoms with Gasteiger partial charge in [-0.25, -0.2) is 4.79 Å². The molecule has 0 aromatic carbocycles. The van der Waals surface area contributed by atoms with Crippen LogP contribution in [0.1, 0.15) is 13.3 Å². The van der Waals surface area contributed by atoms with Gasteiger partial charge >= 0.3 is 5.97 Å². The summed E-state index contributed by atoms with van der Waals surface area (Å²) in [4.78, 5) is 11.5. The van der Waals surface area contributed by atoms with Crippen molar-refractivity contribution in [1.29, 1.82) is 0 Å². The average Bonchev–Trinajstić information content (AvgIpc) is 2.19. The van der Waals surface area contributed by atoms with Gasteiger partial charge in [-0.1, -0.05) is 6.58 Å². The van der Waals surface area contributed by atoms with Gasteiger partial charge in [-0.2, -0.15) is 0 Å². The minimum atomic E-state index is -0.588. The Hall–Kier alpha value is -1.07. The molecule has 0 spiro atoms. The van der Waals surface area contributed by atoms with E-state index >= 15 is 0 Å². The molecule has 1 heterocycles. The molecule has 1 aliphatic heterocycles. The van der Waals surface area contributed by atoms with Gasteiger partial charge in [0.05, 0.1) is 19.3 Å². The van der Waals surface area contributed by atoms with Crippen LogP contribution in [-0.2, 0) is 14.3 Å². The van der Waals surface area contributed by atoms with E-state index in [9.17, 15) is 9.90 Å². The summed E-state index contributed by atoms with van der Waals surface area (Å²) in [5.41, 5.74) is 0. The van der Waals surface area contributed by atoms with Crippen LogP contribution >= 0.6 is 0 Å². The number of carbonyl (C=O) groups excluding carboxylic acids is 1. The highest BCUT2D eigenvalue weighted by Gasteiger charge is 2.25. The van der Waals surface area contributed by atoms with Gasteiger partial charge in [0.15, 0.2) is 0 Å². The lowest BCUT2D eigenvalue weighted by molar-refractivity contribution is -0.151. The molecule has 2 unspecified atom stereocenters. The summed E-state index contributed by atoms with van der Waals surface area (Å²) in [6.07, 6.45) is 0.930. The van der Waals surface area contributed by atoms with Gasteiger partial charge in [-0.15, -0.1) is 0 Å². The molecule has 0 aromatic rings. The fourth-order valence-electron chi connectivity index (χ4n) is 1.43. The number of aliphatic hydroxyl groups is 1. The summed E-state index contributed by atoms with van der Waals surface area (Å²) in [6, 6.07) is -0.546. The molecule has 0 radical (unpaired) electrons. The van der Waals surface area contributed by atoms with Crippen LogP contribution in [0.2, 0.25) is 0 Å². The second-order valence-electron chi connectivity index (χ2n) is 3.60. The van der Waals surface area contributed by atoms with Crippen molar-refractivity contribution in [2.75, 3.05) is 13.2 Å². The summed E-state index contributed by atoms with van der Waals surface area (Å²) in [7, 11) is 0. The fourth-order valence-corrected chi connectivity index (χ4v) is 1.43. The number of carbonyl (C=O) groups is 1. The molecule has 86 valence electrons. The first kappa shape index (κ1) is 12.0. The number of rotatable bonds is 2. The van der Waals surface area contributed by atoms with Crippen LogP contribution in [0, 0.1) is 0 Å². The van der Waals surface area contributed by atoms with E-state index in [4.69, 9.17) is 9.47 Å². The van der Waals surface area contributed by atoms with Gasteiger partial charge in [0.25, 0.3) is 0 Å². The molecule has 0 aliphatic carbocycles. The highest BCUT2D eigenvalue weighted by atomic mass is 16.6. The zero-order valence-corrected chi connectivity index (χ0v) is 8.81. The van der Waals surface area contributed by atoms with Gasteiger partial charge in [0, 0.05) is 6.42 Å². The van der Waals surface area contributed by atoms with Gasteiger partial charge < -0.3 is 19.9 Å². The summed E-state index contributed by atoms with van der Waals surface area (Å²) in [5.74, 6) is -0.378. The SMILES string of the molecule is C=CN[C@H]1COCC(O)CC(C)OC1=O. The Balaban J connectivity index is 2.60. The maximum Gasteiger partial charge on any atom is 0.331 e. The van der Waals surface area contributed by atoms with E-state index in [0.717, 1.165) is 0 Å². The zero-order valence-electron chi connectivity index (χ0n) is 8.81. The Bertz CT molecular complexity index is 231. The molecule has 1 rings (SSSR count). The molecule has 15 heavy (non-hydrogen) atoms. The summed E-state index contributed by atoms with van der Waals surface area (Å²) < 4.78 is 10.3. The molecule has 0 amide bonds. The summed E-state index contributed by atoms with van der Waals surface area (Å²) in [5, 5.41) is 12.2. The molecule has 1 fully saturated rings. The number of ether oxygens (including phenoxy) is 2. The molecule has 5 nitrogen and oxygen atoms in total. The zero-order chi connectivity index (χ0) is 11.3. The highest BCUT2D eigenvalue weighted by molar-refractivity contribution is 5.76. The van der Waals surface area contributed by atoms with Gasteiger partial charge in [-0.3, -0.25) is 0 Å². The maximum absolute atomic E-state index is 11.5. The Morgan fingerprint density at radius 1 is 1.60 bits per heavy atom. The topological polar surface area (TPSA) is 67.8 Å². The number of cyclic esters (lactones) is 1. The lowest BCUT2D eigenvalue weighted by atomic mass is 10.2. The number of esters is 1. The third kappa shape index (κ3) is 3.89. The Morgan fingerprint density at radius 3 is 3.00 bits per heavy atom. The second kappa shape index (κ2) is 5.72. The van der Waals surface area contributed by atoms with Crippen LogP contribution < -0.4 is 5.32 Å². The summed E-state index contributed by atoms with van der Waals surface area (Å²) >= 11 is 0. The third-order valence-corrected chi connectivity index (χ3v) is 2.12. The van der Waals surface area contributed by atoms with E-state index in [-0.39, 0.29) is 25.3 Å². The molecule has 0 saturated carbocycles. The maximum atomic E-state index is 11.5. The molecular formula is C10H17NO4. The van der Waals surface area contributed by atoms with Crippen LogP contribution in [0.3, 0.4) is 0 Å². The van der Waals surface area contributed by atoms with Gasteiger partial charge in [-0.05, 0) is 13.1 Å². The molecule has 1 saturated heterocycles. The van der Waals surface area contributed by atoms with E-state index in [0.29, 0.717) is 6.42 Å². The first-order valence-electron chi connectivity index (χ1n) is 4.96. The van der Waals surface area contributed by atoms with E-state index < -0.39 is 12.1 Å². The standard InChI is InChI=1S/C10H17NO4/c1-3-11-9-6-14-5-8(12)4-7(2)15-10(9)13/h3,7-9,11-12H,1,4-6H2,2H3/t7?,8?,9-/m0/s1. The molecule has 1 aliphatic rings. The monoisotopic (exact) mass is 215 g/mol. The smallest absolute Gasteiger partial charge is 0.331 e. The largest absolute Gasteiger partial charge is 0.461 e. The minimum Gasteiger partial charge on any atom is -0.461 e. The van der Waals surface area contributed by atoms with Crippen molar-refractivity contribution in [1.82, 2.24) is 5.32 Å². The molecular weight excluding hydrogens is 198 g/mol. The molecule has 5 heteroatoms. The van der Waals surface area contributed by atoms with E-state index in [1.807, 2.05) is 0 Å². The predicted octanol–water partition coefficient (Wildman–Crippen LogP) is -0.199. The van der Waals surface area contributed by atoms with E-state index in [2.05, 4.69) is 11.9 Å². The number of hydrogen-bond donors (Lipinski definition) is 2. The van der Waals surface area contributed by atoms with Crippen LogP contribution in [-0.4, -0.2) is 42.5 Å². The minimum absolute atomic E-state index is 0.175. The molecule has 0 aromatic heterocycles. The highest BCUT2D eigenvalue weighted by Crippen LogP contribution is 2.08. The Morgan fingerprint density at radius 2 is 2.33 bits per heavy atom. The second-order valence-corrected chi connectivity index (χ2v) is 3.60. The van der Waals surface area contributed by atoms with Crippen molar-refractivity contribution >= 4 is 5.97 Å². The van der Waals surface area contributed by atoms with Crippen LogP contribution in [0.25, 0.3) is 0 Å². The van der Waals surface area contributed by atoms with Gasteiger partial charge in [0.2, 0.25) is 0 Å². The molecule has 0 bridgehead atoms. The Kier molecular flexibility index (Phi) is 4.58. The normalized spacial score (nSPS) is 33.2. The van der Waals surface area contributed by atoms with E-state index in [1.54, 1.807) is 6.92 Å². The average molecular weight is 215 g/mol. The van der Waals surface area contributed by atoms with Crippen LogP contribution in [0.5, 0.6) is 0 Å². The first-order chi connectivity index (χ1) is 7.13. The number of aliphatic hydroxyl groups excluding tert-OH is 1. The van der Waals surface area contributed by atoms with Crippen LogP contribution in [0.4, 0.5) is 0 Å². The molecule has 2 N–H and O–H groups in total. The lowest BCUT2D eigenvalue weighted by Gasteiger charge is -2.17. The van der Waals surface area contributed by atoms with E-state index in [1.165, 1.54) is 6.20 Å². The molecule has 3 atom stereocenters. The third-order valence-electron chi connectivity index (χ3n) is 2.12. The first-order valence-corrected chi connectivity index (χ1v) is 4.96. The van der Waals surface area contributed by atoms with Crippen molar-refractivity contribution in [2.45, 2.75) is 31.6 Å². The van der Waals surface area contributed by atoms with Crippen molar-refractivity contribution in [3.8, 4) is 0 Å². The van der Waals surface area contributed by atoms with Crippen molar-refractivity contribution in [3.05, 3.63) is 12.8 Å². The lowest BCUT2D eigenvalue weighted by Crippen LogP contribution is -2.39. The number of nitrogens with one attached hydrogen (secondary N) is 1. The quantitative estimate of drug-likeness (QED) is 0.624. The van der Waals surface area contributed by atoms with Crippen molar-refractivity contribution in [3.63, 3.8) is 0 Å². The predicted molar refractivity (Wildman–Crippen MR) is 54.1 cm³/mol. The fraction of sp³-hybridized carbons (Fsp3) is 0.700. The van der Waals surface area contributed by atoms with Gasteiger partial charge in [0.1, 0.15) is 12.1 Å². The van der Waals surface area contributed by atoms with Crippen molar-refractivity contribution in [2.24, 2.45) is 0 Å².